The molecule has 0 amide bonds. The molecule has 15 heavy (non-hydrogen) atoms. The van der Waals surface area contributed by atoms with Crippen LogP contribution in [0.25, 0.3) is 0 Å². The first kappa shape index (κ1) is 12.2. The van der Waals surface area contributed by atoms with Crippen LogP contribution in [0.4, 0.5) is 5.13 Å². The number of aromatic nitrogens is 1. The fourth-order valence-electron chi connectivity index (χ4n) is 1.24. The maximum atomic E-state index is 8.71. The van der Waals surface area contributed by atoms with Crippen LogP contribution in [0, 0.1) is 11.3 Å². The van der Waals surface area contributed by atoms with Crippen LogP contribution in [-0.4, -0.2) is 36.6 Å². The van der Waals surface area contributed by atoms with Gasteiger partial charge in [-0.15, -0.1) is 0 Å². The number of hydrogen-bond acceptors (Lipinski definition) is 5. The minimum Gasteiger partial charge on any atom is -0.358 e. The summed E-state index contributed by atoms with van der Waals surface area (Å²) in [6.07, 6.45) is 0. The van der Waals surface area contributed by atoms with Crippen molar-refractivity contribution in [1.82, 2.24) is 9.88 Å². The average molecular weight is 245 g/mol. The Bertz CT molecular complexity index is 369. The SMILES string of the molecule is CC(CN(C)C)Nc1nc(Cl)c(C#N)s1. The highest BCUT2D eigenvalue weighted by molar-refractivity contribution is 7.16. The zero-order valence-electron chi connectivity index (χ0n) is 8.91. The molecule has 0 aliphatic heterocycles. The van der Waals surface area contributed by atoms with E-state index in [1.165, 1.54) is 11.3 Å². The van der Waals surface area contributed by atoms with Gasteiger partial charge in [-0.05, 0) is 21.0 Å². The number of nitriles is 1. The summed E-state index contributed by atoms with van der Waals surface area (Å²) in [6, 6.07) is 2.28. The van der Waals surface area contributed by atoms with Crippen LogP contribution in [0.5, 0.6) is 0 Å². The number of nitrogens with one attached hydrogen (secondary N) is 1. The Hall–Kier alpha value is -0.830. The molecule has 1 heterocycles. The van der Waals surface area contributed by atoms with Gasteiger partial charge in [-0.2, -0.15) is 5.26 Å². The van der Waals surface area contributed by atoms with Gasteiger partial charge in [0, 0.05) is 12.6 Å². The predicted octanol–water partition coefficient (Wildman–Crippen LogP) is 2.03. The quantitative estimate of drug-likeness (QED) is 0.881. The van der Waals surface area contributed by atoms with Gasteiger partial charge in [-0.25, -0.2) is 4.98 Å². The first-order valence-corrected chi connectivity index (χ1v) is 5.70. The molecule has 0 aliphatic rings. The standard InChI is InChI=1S/C9H13ClN4S/c1-6(5-14(2)3)12-9-13-8(10)7(4-11)15-9/h6H,5H2,1-3H3,(H,12,13). The van der Waals surface area contributed by atoms with E-state index >= 15 is 0 Å². The summed E-state index contributed by atoms with van der Waals surface area (Å²) in [7, 11) is 4.02. The second kappa shape index (κ2) is 5.31. The molecule has 1 unspecified atom stereocenters. The molecule has 0 aliphatic carbocycles. The summed E-state index contributed by atoms with van der Waals surface area (Å²) in [5.41, 5.74) is 0. The number of hydrogen-bond donors (Lipinski definition) is 1. The fourth-order valence-corrected chi connectivity index (χ4v) is 2.29. The van der Waals surface area contributed by atoms with Crippen molar-refractivity contribution < 1.29 is 0 Å². The molecular weight excluding hydrogens is 232 g/mol. The van der Waals surface area contributed by atoms with E-state index in [9.17, 15) is 0 Å². The highest BCUT2D eigenvalue weighted by atomic mass is 35.5. The molecule has 1 N–H and O–H groups in total. The molecule has 0 bridgehead atoms. The molecule has 1 atom stereocenters. The molecule has 1 aromatic rings. The minimum absolute atomic E-state index is 0.272. The lowest BCUT2D eigenvalue weighted by Crippen LogP contribution is -2.29. The van der Waals surface area contributed by atoms with E-state index in [2.05, 4.69) is 22.1 Å². The molecule has 0 spiro atoms. The summed E-state index contributed by atoms with van der Waals surface area (Å²) in [4.78, 5) is 6.60. The third kappa shape index (κ3) is 3.67. The van der Waals surface area contributed by atoms with Crippen molar-refractivity contribution in [3.05, 3.63) is 10.0 Å². The zero-order chi connectivity index (χ0) is 11.4. The number of rotatable bonds is 4. The van der Waals surface area contributed by atoms with Gasteiger partial charge in [0.2, 0.25) is 0 Å². The molecule has 0 saturated carbocycles. The molecular formula is C9H13ClN4S. The Morgan fingerprint density at radius 2 is 2.33 bits per heavy atom. The van der Waals surface area contributed by atoms with Crippen LogP contribution in [0.3, 0.4) is 0 Å². The predicted molar refractivity (Wildman–Crippen MR) is 63.5 cm³/mol. The van der Waals surface area contributed by atoms with Crippen LogP contribution in [0.1, 0.15) is 11.8 Å². The first-order valence-electron chi connectivity index (χ1n) is 4.50. The summed E-state index contributed by atoms with van der Waals surface area (Å²) >= 11 is 7.04. The van der Waals surface area contributed by atoms with E-state index < -0.39 is 0 Å². The third-order valence-electron chi connectivity index (χ3n) is 1.70. The van der Waals surface area contributed by atoms with Crippen LogP contribution >= 0.6 is 22.9 Å². The Kier molecular flexibility index (Phi) is 4.33. The molecule has 0 radical (unpaired) electrons. The summed E-state index contributed by atoms with van der Waals surface area (Å²) in [6.45, 7) is 2.96. The van der Waals surface area contributed by atoms with Crippen molar-refractivity contribution in [1.29, 1.82) is 5.26 Å². The lowest BCUT2D eigenvalue weighted by Gasteiger charge is -2.17. The Labute approximate surface area is 98.5 Å². The average Bonchev–Trinajstić information content (AvgIpc) is 2.44. The van der Waals surface area contributed by atoms with Gasteiger partial charge >= 0.3 is 0 Å². The topological polar surface area (TPSA) is 52.0 Å². The molecule has 6 heteroatoms. The van der Waals surface area contributed by atoms with E-state index in [1.807, 2.05) is 20.2 Å². The molecule has 82 valence electrons. The van der Waals surface area contributed by atoms with E-state index in [-0.39, 0.29) is 11.2 Å². The number of thiazole rings is 1. The number of anilines is 1. The van der Waals surface area contributed by atoms with Crippen molar-refractivity contribution >= 4 is 28.1 Å². The van der Waals surface area contributed by atoms with Crippen LogP contribution in [0.15, 0.2) is 0 Å². The molecule has 1 aromatic heterocycles. The maximum Gasteiger partial charge on any atom is 0.185 e. The smallest absolute Gasteiger partial charge is 0.185 e. The first-order chi connectivity index (χ1) is 7.02. The van der Waals surface area contributed by atoms with Crippen molar-refractivity contribution in [3.8, 4) is 6.07 Å². The zero-order valence-corrected chi connectivity index (χ0v) is 10.5. The molecule has 0 fully saturated rings. The van der Waals surface area contributed by atoms with Crippen molar-refractivity contribution in [2.45, 2.75) is 13.0 Å². The highest BCUT2D eigenvalue weighted by Gasteiger charge is 2.10. The lowest BCUT2D eigenvalue weighted by atomic mass is 10.3. The van der Waals surface area contributed by atoms with Gasteiger partial charge < -0.3 is 10.2 Å². The number of halogens is 1. The minimum atomic E-state index is 0.272. The van der Waals surface area contributed by atoms with Crippen molar-refractivity contribution in [3.63, 3.8) is 0 Å². The second-order valence-corrected chi connectivity index (χ2v) is 4.92. The Morgan fingerprint density at radius 1 is 1.67 bits per heavy atom. The van der Waals surface area contributed by atoms with Gasteiger partial charge in [0.1, 0.15) is 10.9 Å². The van der Waals surface area contributed by atoms with E-state index in [0.29, 0.717) is 10.0 Å². The van der Waals surface area contributed by atoms with E-state index in [1.54, 1.807) is 0 Å². The molecule has 0 aromatic carbocycles. The Balaban J connectivity index is 2.61. The highest BCUT2D eigenvalue weighted by Crippen LogP contribution is 2.26. The van der Waals surface area contributed by atoms with E-state index in [0.717, 1.165) is 6.54 Å². The molecule has 1 rings (SSSR count). The van der Waals surface area contributed by atoms with Gasteiger partial charge in [0.25, 0.3) is 0 Å². The number of likely N-dealkylation sites (N-methyl/N-ethyl adjacent to an activating group) is 1. The molecule has 0 saturated heterocycles. The van der Waals surface area contributed by atoms with Crippen molar-refractivity contribution in [2.75, 3.05) is 26.0 Å². The van der Waals surface area contributed by atoms with E-state index in [4.69, 9.17) is 16.9 Å². The third-order valence-corrected chi connectivity index (χ3v) is 2.97. The normalized spacial score (nSPS) is 12.5. The van der Waals surface area contributed by atoms with Crippen LogP contribution in [0.2, 0.25) is 5.15 Å². The van der Waals surface area contributed by atoms with Crippen LogP contribution in [-0.2, 0) is 0 Å². The van der Waals surface area contributed by atoms with Gasteiger partial charge in [0.15, 0.2) is 10.3 Å². The summed E-state index contributed by atoms with van der Waals surface area (Å²) in [5.74, 6) is 0. The Morgan fingerprint density at radius 3 is 2.80 bits per heavy atom. The van der Waals surface area contributed by atoms with Crippen LogP contribution < -0.4 is 5.32 Å². The fraction of sp³-hybridized carbons (Fsp3) is 0.556. The number of nitrogens with zero attached hydrogens (tertiary/aromatic N) is 3. The largest absolute Gasteiger partial charge is 0.358 e. The second-order valence-electron chi connectivity index (χ2n) is 3.56. The van der Waals surface area contributed by atoms with Gasteiger partial charge in [-0.1, -0.05) is 22.9 Å². The van der Waals surface area contributed by atoms with Crippen molar-refractivity contribution in [2.24, 2.45) is 0 Å². The maximum absolute atomic E-state index is 8.71. The summed E-state index contributed by atoms with van der Waals surface area (Å²) < 4.78 is 0. The van der Waals surface area contributed by atoms with Gasteiger partial charge in [0.05, 0.1) is 0 Å². The monoisotopic (exact) mass is 244 g/mol. The lowest BCUT2D eigenvalue weighted by molar-refractivity contribution is 0.392. The van der Waals surface area contributed by atoms with Gasteiger partial charge in [-0.3, -0.25) is 0 Å². The molecule has 4 nitrogen and oxygen atoms in total. The summed E-state index contributed by atoms with van der Waals surface area (Å²) in [5, 5.41) is 12.9.